The molecule has 1 saturated carbocycles. The lowest BCUT2D eigenvalue weighted by molar-refractivity contribution is -0.160. The van der Waals surface area contributed by atoms with Crippen LogP contribution in [-0.2, 0) is 17.9 Å². The summed E-state index contributed by atoms with van der Waals surface area (Å²) in [6.07, 6.45) is 3.59. The van der Waals surface area contributed by atoms with Gasteiger partial charge in [-0.05, 0) is 19.3 Å². The van der Waals surface area contributed by atoms with Gasteiger partial charge < -0.3 is 9.80 Å². The summed E-state index contributed by atoms with van der Waals surface area (Å²) in [6.45, 7) is 2.93. The number of likely N-dealkylation sites (tertiary alicyclic amines) is 1. The van der Waals surface area contributed by atoms with Crippen LogP contribution in [-0.4, -0.2) is 57.0 Å². The zero-order chi connectivity index (χ0) is 17.6. The number of hydrogen-bond acceptors (Lipinski definition) is 3. The van der Waals surface area contributed by atoms with Crippen LogP contribution in [0.25, 0.3) is 0 Å². The van der Waals surface area contributed by atoms with E-state index in [-0.39, 0.29) is 31.2 Å². The number of fused-ring (bicyclic) bond motifs is 1. The molecule has 4 rings (SSSR count). The maximum absolute atomic E-state index is 13.1. The van der Waals surface area contributed by atoms with Crippen LogP contribution in [0.2, 0.25) is 0 Å². The van der Waals surface area contributed by atoms with Gasteiger partial charge in [0.25, 0.3) is 5.91 Å². The van der Waals surface area contributed by atoms with Crippen molar-refractivity contribution in [3.8, 4) is 0 Å². The fourth-order valence-electron chi connectivity index (χ4n) is 3.99. The van der Waals surface area contributed by atoms with E-state index in [0.29, 0.717) is 25.1 Å². The van der Waals surface area contributed by atoms with Crippen LogP contribution in [0.5, 0.6) is 0 Å². The highest BCUT2D eigenvalue weighted by molar-refractivity contribution is 5.95. The van der Waals surface area contributed by atoms with E-state index in [0.717, 1.165) is 31.6 Å². The van der Waals surface area contributed by atoms with Crippen molar-refractivity contribution in [1.29, 1.82) is 0 Å². The van der Waals surface area contributed by atoms with Crippen LogP contribution >= 0.6 is 0 Å². The molecule has 0 radical (unpaired) electrons. The summed E-state index contributed by atoms with van der Waals surface area (Å²) in [7, 11) is 0. The maximum Gasteiger partial charge on any atom is 0.257 e. The van der Waals surface area contributed by atoms with Crippen molar-refractivity contribution in [2.75, 3.05) is 19.6 Å². The fraction of sp³-hybridized carbons (Fsp3) is 0.706. The number of amides is 2. The third-order valence-corrected chi connectivity index (χ3v) is 5.46. The molecule has 0 spiro atoms. The van der Waals surface area contributed by atoms with Gasteiger partial charge in [-0.2, -0.15) is 5.10 Å². The predicted octanol–water partition coefficient (Wildman–Crippen LogP) is 1.90. The lowest BCUT2D eigenvalue weighted by atomic mass is 9.80. The number of aromatic nitrogens is 2. The Balaban J connectivity index is 1.52. The molecule has 3 heterocycles. The zero-order valence-corrected chi connectivity index (χ0v) is 14.1. The Labute approximate surface area is 144 Å². The number of halogens is 2. The van der Waals surface area contributed by atoms with E-state index in [9.17, 15) is 18.4 Å². The average molecular weight is 352 g/mol. The molecule has 2 aliphatic heterocycles. The number of aryl methyl sites for hydroxylation is 1. The van der Waals surface area contributed by atoms with Crippen LogP contribution < -0.4 is 0 Å². The summed E-state index contributed by atoms with van der Waals surface area (Å²) in [6, 6.07) is 0. The number of carbonyl (C=O) groups is 2. The smallest absolute Gasteiger partial charge is 0.257 e. The SMILES string of the molecule is O=C(c1cnn2c1CN(C(=O)C1CC(F)(F)C1)CCC2)N1CCCC1. The molecule has 0 N–H and O–H groups in total. The Kier molecular flexibility index (Phi) is 4.00. The molecule has 25 heavy (non-hydrogen) atoms. The van der Waals surface area contributed by atoms with Crippen molar-refractivity contribution in [2.45, 2.75) is 51.1 Å². The van der Waals surface area contributed by atoms with Crippen molar-refractivity contribution in [2.24, 2.45) is 5.92 Å². The molecule has 6 nitrogen and oxygen atoms in total. The maximum atomic E-state index is 13.1. The molecule has 8 heteroatoms. The van der Waals surface area contributed by atoms with Crippen molar-refractivity contribution >= 4 is 11.8 Å². The fourth-order valence-corrected chi connectivity index (χ4v) is 3.99. The molecule has 1 aliphatic carbocycles. The Hall–Kier alpha value is -1.99. The van der Waals surface area contributed by atoms with Gasteiger partial charge in [-0.3, -0.25) is 14.3 Å². The van der Waals surface area contributed by atoms with E-state index in [1.807, 2.05) is 4.90 Å². The molecule has 0 atom stereocenters. The van der Waals surface area contributed by atoms with E-state index in [1.54, 1.807) is 15.8 Å². The Morgan fingerprint density at radius 1 is 1.04 bits per heavy atom. The number of nitrogens with zero attached hydrogens (tertiary/aromatic N) is 4. The summed E-state index contributed by atoms with van der Waals surface area (Å²) in [4.78, 5) is 28.7. The van der Waals surface area contributed by atoms with Crippen LogP contribution in [0, 0.1) is 5.92 Å². The number of hydrogen-bond donors (Lipinski definition) is 0. The summed E-state index contributed by atoms with van der Waals surface area (Å²) in [5.74, 6) is -3.56. The second-order valence-corrected chi connectivity index (χ2v) is 7.30. The number of rotatable bonds is 2. The van der Waals surface area contributed by atoms with Crippen molar-refractivity contribution < 1.29 is 18.4 Å². The number of carbonyl (C=O) groups excluding carboxylic acids is 2. The Bertz CT molecular complexity index is 689. The number of alkyl halides is 2. The lowest BCUT2D eigenvalue weighted by Gasteiger charge is -2.36. The van der Waals surface area contributed by atoms with Gasteiger partial charge in [-0.1, -0.05) is 0 Å². The van der Waals surface area contributed by atoms with Crippen molar-refractivity contribution in [1.82, 2.24) is 19.6 Å². The van der Waals surface area contributed by atoms with Crippen LogP contribution in [0.1, 0.15) is 48.2 Å². The second-order valence-electron chi connectivity index (χ2n) is 7.30. The van der Waals surface area contributed by atoms with E-state index in [2.05, 4.69) is 5.10 Å². The predicted molar refractivity (Wildman–Crippen MR) is 85.1 cm³/mol. The van der Waals surface area contributed by atoms with Gasteiger partial charge in [0, 0.05) is 44.9 Å². The first-order valence-corrected chi connectivity index (χ1v) is 8.95. The zero-order valence-electron chi connectivity index (χ0n) is 14.1. The molecule has 1 saturated heterocycles. The van der Waals surface area contributed by atoms with Gasteiger partial charge >= 0.3 is 0 Å². The van der Waals surface area contributed by atoms with Crippen molar-refractivity contribution in [3.63, 3.8) is 0 Å². The summed E-state index contributed by atoms with van der Waals surface area (Å²) in [5.41, 5.74) is 1.27. The second kappa shape index (κ2) is 6.07. The lowest BCUT2D eigenvalue weighted by Crippen LogP contribution is -2.46. The summed E-state index contributed by atoms with van der Waals surface area (Å²) in [5, 5.41) is 4.32. The normalized spacial score (nSPS) is 23.1. The van der Waals surface area contributed by atoms with Crippen molar-refractivity contribution in [3.05, 3.63) is 17.5 Å². The van der Waals surface area contributed by atoms with Gasteiger partial charge in [-0.15, -0.1) is 0 Å². The molecule has 136 valence electrons. The van der Waals surface area contributed by atoms with Gasteiger partial charge in [0.05, 0.1) is 24.0 Å². The Morgan fingerprint density at radius 2 is 1.72 bits per heavy atom. The molecule has 1 aromatic rings. The molecule has 1 aromatic heterocycles. The Morgan fingerprint density at radius 3 is 2.40 bits per heavy atom. The molecule has 2 fully saturated rings. The van der Waals surface area contributed by atoms with Gasteiger partial charge in [-0.25, -0.2) is 8.78 Å². The van der Waals surface area contributed by atoms with E-state index >= 15 is 0 Å². The molecule has 0 unspecified atom stereocenters. The highest BCUT2D eigenvalue weighted by atomic mass is 19.3. The minimum absolute atomic E-state index is 0.0387. The van der Waals surface area contributed by atoms with Gasteiger partial charge in [0.2, 0.25) is 11.8 Å². The van der Waals surface area contributed by atoms with E-state index in [4.69, 9.17) is 0 Å². The first-order chi connectivity index (χ1) is 11.9. The highest BCUT2D eigenvalue weighted by Crippen LogP contribution is 2.43. The molecule has 0 aromatic carbocycles. The monoisotopic (exact) mass is 352 g/mol. The third-order valence-electron chi connectivity index (χ3n) is 5.46. The van der Waals surface area contributed by atoms with Gasteiger partial charge in [0.1, 0.15) is 0 Å². The van der Waals surface area contributed by atoms with Crippen LogP contribution in [0.15, 0.2) is 6.20 Å². The standard InChI is InChI=1S/C17H22F2N4O2/c18-17(19)8-12(9-17)15(24)22-6-3-7-23-14(11-22)13(10-20-23)16(25)21-4-1-2-5-21/h10,12H,1-9,11H2. The third kappa shape index (κ3) is 3.02. The molecule has 3 aliphatic rings. The van der Waals surface area contributed by atoms with Gasteiger partial charge in [0.15, 0.2) is 0 Å². The summed E-state index contributed by atoms with van der Waals surface area (Å²) < 4.78 is 28.0. The van der Waals surface area contributed by atoms with E-state index < -0.39 is 11.8 Å². The molecule has 0 bridgehead atoms. The van der Waals surface area contributed by atoms with Crippen LogP contribution in [0.3, 0.4) is 0 Å². The summed E-state index contributed by atoms with van der Waals surface area (Å²) >= 11 is 0. The minimum atomic E-state index is -2.70. The highest BCUT2D eigenvalue weighted by Gasteiger charge is 2.50. The van der Waals surface area contributed by atoms with Crippen LogP contribution in [0.4, 0.5) is 8.78 Å². The first-order valence-electron chi connectivity index (χ1n) is 8.95. The average Bonchev–Trinajstić information content (AvgIpc) is 3.17. The molecular formula is C17H22F2N4O2. The quantitative estimate of drug-likeness (QED) is 0.817. The first kappa shape index (κ1) is 16.5. The van der Waals surface area contributed by atoms with E-state index in [1.165, 1.54) is 0 Å². The molecular weight excluding hydrogens is 330 g/mol. The molecule has 2 amide bonds. The minimum Gasteiger partial charge on any atom is -0.339 e. The topological polar surface area (TPSA) is 58.4 Å². The largest absolute Gasteiger partial charge is 0.339 e.